The van der Waals surface area contributed by atoms with E-state index in [2.05, 4.69) is 20.9 Å². The van der Waals surface area contributed by atoms with Crippen molar-refractivity contribution in [2.24, 2.45) is 5.92 Å². The van der Waals surface area contributed by atoms with Crippen molar-refractivity contribution in [1.82, 2.24) is 4.98 Å². The van der Waals surface area contributed by atoms with Crippen LogP contribution >= 0.6 is 27.5 Å². The number of nitrogens with one attached hydrogen (secondary N) is 1. The van der Waals surface area contributed by atoms with Crippen LogP contribution in [0.25, 0.3) is 10.9 Å². The van der Waals surface area contributed by atoms with Gasteiger partial charge in [-0.15, -0.1) is 0 Å². The van der Waals surface area contributed by atoms with Crippen LogP contribution in [0.1, 0.15) is 37.1 Å². The Morgan fingerprint density at radius 2 is 2.26 bits per heavy atom. The molecule has 1 atom stereocenters. The minimum Gasteiger partial charge on any atom is -0.481 e. The molecule has 0 radical (unpaired) electrons. The predicted molar refractivity (Wildman–Crippen MR) is 94.2 cm³/mol. The van der Waals surface area contributed by atoms with Crippen LogP contribution in [0, 0.1) is 12.8 Å². The number of hydrogen-bond donors (Lipinski definition) is 2. The maximum Gasteiger partial charge on any atom is 0.306 e. The molecule has 0 saturated carbocycles. The first-order valence-corrected chi connectivity index (χ1v) is 8.80. The van der Waals surface area contributed by atoms with E-state index >= 15 is 0 Å². The Hall–Kier alpha value is -1.04. The summed E-state index contributed by atoms with van der Waals surface area (Å²) in [5.74, 6) is -0.851. The summed E-state index contributed by atoms with van der Waals surface area (Å²) < 4.78 is 7.04. The van der Waals surface area contributed by atoms with Gasteiger partial charge in [-0.1, -0.05) is 25.4 Å². The fourth-order valence-corrected chi connectivity index (χ4v) is 4.38. The molecule has 0 amide bonds. The fourth-order valence-electron chi connectivity index (χ4n) is 3.53. The number of benzene rings is 1. The van der Waals surface area contributed by atoms with Crippen LogP contribution in [0.3, 0.4) is 0 Å². The van der Waals surface area contributed by atoms with Crippen molar-refractivity contribution < 1.29 is 14.6 Å². The third-order valence-electron chi connectivity index (χ3n) is 4.73. The van der Waals surface area contributed by atoms with Crippen LogP contribution in [-0.2, 0) is 21.6 Å². The number of carbonyl (C=O) groups is 1. The van der Waals surface area contributed by atoms with E-state index in [1.54, 1.807) is 0 Å². The maximum atomic E-state index is 11.5. The summed E-state index contributed by atoms with van der Waals surface area (Å²) in [5.41, 5.74) is 3.01. The molecule has 1 unspecified atom stereocenters. The zero-order chi connectivity index (χ0) is 16.9. The highest BCUT2D eigenvalue weighted by atomic mass is 79.9. The molecular weight excluding hydrogens is 382 g/mol. The van der Waals surface area contributed by atoms with E-state index < -0.39 is 11.6 Å². The fraction of sp³-hybridized carbons (Fsp3) is 0.471. The predicted octanol–water partition coefficient (Wildman–Crippen LogP) is 4.79. The molecule has 1 aromatic carbocycles. The van der Waals surface area contributed by atoms with Gasteiger partial charge in [0, 0.05) is 9.86 Å². The Kier molecular flexibility index (Phi) is 4.23. The zero-order valence-electron chi connectivity index (χ0n) is 13.3. The lowest BCUT2D eigenvalue weighted by Crippen LogP contribution is -2.42. The lowest BCUT2D eigenvalue weighted by Gasteiger charge is -2.39. The van der Waals surface area contributed by atoms with Crippen molar-refractivity contribution in [2.45, 2.75) is 39.2 Å². The molecular formula is C17H19BrClNO3. The average Bonchev–Trinajstić information content (AvgIpc) is 2.85. The van der Waals surface area contributed by atoms with Crippen molar-refractivity contribution in [1.29, 1.82) is 0 Å². The first kappa shape index (κ1) is 16.8. The molecule has 6 heteroatoms. The monoisotopic (exact) mass is 399 g/mol. The number of H-pyrrole nitrogens is 1. The second-order valence-corrected chi connectivity index (χ2v) is 7.63. The van der Waals surface area contributed by atoms with Gasteiger partial charge in [-0.05, 0) is 52.4 Å². The number of fused-ring (bicyclic) bond motifs is 3. The number of carboxylic acids is 1. The number of rotatable bonds is 3. The Bertz CT molecular complexity index is 799. The molecule has 1 aromatic heterocycles. The van der Waals surface area contributed by atoms with Gasteiger partial charge in [0.2, 0.25) is 0 Å². The van der Waals surface area contributed by atoms with E-state index in [1.165, 1.54) is 0 Å². The van der Waals surface area contributed by atoms with Gasteiger partial charge in [0.1, 0.15) is 5.60 Å². The molecule has 2 heterocycles. The first-order valence-electron chi connectivity index (χ1n) is 7.63. The number of aromatic nitrogens is 1. The molecule has 2 N–H and O–H groups in total. The van der Waals surface area contributed by atoms with Crippen molar-refractivity contribution in [3.8, 4) is 0 Å². The normalized spacial score (nSPS) is 21.0. The maximum absolute atomic E-state index is 11.5. The van der Waals surface area contributed by atoms with E-state index in [-0.39, 0.29) is 12.3 Å². The Morgan fingerprint density at radius 1 is 1.57 bits per heavy atom. The SMILES string of the molecule is Cc1cc(Cl)c2[nH]c3c(c2c1Br)CCOC3(CC(=O)O)C(C)C. The highest BCUT2D eigenvalue weighted by molar-refractivity contribution is 9.10. The zero-order valence-corrected chi connectivity index (χ0v) is 15.6. The molecule has 0 spiro atoms. The van der Waals surface area contributed by atoms with Crippen LogP contribution in [0.15, 0.2) is 10.5 Å². The van der Waals surface area contributed by atoms with Crippen molar-refractivity contribution in [3.63, 3.8) is 0 Å². The van der Waals surface area contributed by atoms with E-state index in [1.807, 2.05) is 26.8 Å². The molecule has 23 heavy (non-hydrogen) atoms. The lowest BCUT2D eigenvalue weighted by atomic mass is 9.80. The molecule has 0 aliphatic carbocycles. The standard InChI is InChI=1S/C17H19BrClNO3/c1-8(2)17(7-12(21)22)16-10(4-5-23-17)13-14(18)9(3)6-11(19)15(13)20-16/h6,8,20H,4-5,7H2,1-3H3,(H,21,22). The number of carboxylic acid groups (broad SMARTS) is 1. The highest BCUT2D eigenvalue weighted by Gasteiger charge is 2.45. The van der Waals surface area contributed by atoms with Gasteiger partial charge >= 0.3 is 5.97 Å². The second-order valence-electron chi connectivity index (χ2n) is 6.43. The van der Waals surface area contributed by atoms with Crippen molar-refractivity contribution in [2.75, 3.05) is 6.61 Å². The number of aromatic amines is 1. The third-order valence-corrected chi connectivity index (χ3v) is 6.05. The minimum absolute atomic E-state index is 0.0179. The molecule has 4 nitrogen and oxygen atoms in total. The summed E-state index contributed by atoms with van der Waals surface area (Å²) in [6, 6.07) is 1.91. The van der Waals surface area contributed by atoms with Crippen LogP contribution in [0.4, 0.5) is 0 Å². The summed E-state index contributed by atoms with van der Waals surface area (Å²) >= 11 is 10.1. The third kappa shape index (κ3) is 2.49. The van der Waals surface area contributed by atoms with Gasteiger partial charge in [-0.25, -0.2) is 0 Å². The highest BCUT2D eigenvalue weighted by Crippen LogP contribution is 2.47. The molecule has 2 aromatic rings. The van der Waals surface area contributed by atoms with Crippen molar-refractivity contribution in [3.05, 3.63) is 32.4 Å². The summed E-state index contributed by atoms with van der Waals surface area (Å²) in [6.07, 6.45) is 0.667. The topological polar surface area (TPSA) is 62.3 Å². The Balaban J connectivity index is 2.35. The summed E-state index contributed by atoms with van der Waals surface area (Å²) in [5, 5.41) is 11.1. The average molecular weight is 401 g/mol. The van der Waals surface area contributed by atoms with Gasteiger partial charge in [0.15, 0.2) is 0 Å². The van der Waals surface area contributed by atoms with Crippen LogP contribution in [0.2, 0.25) is 5.02 Å². The van der Waals surface area contributed by atoms with Gasteiger partial charge in [-0.2, -0.15) is 0 Å². The summed E-state index contributed by atoms with van der Waals surface area (Å²) in [7, 11) is 0. The number of halogens is 2. The van der Waals surface area contributed by atoms with Crippen LogP contribution in [0.5, 0.6) is 0 Å². The van der Waals surface area contributed by atoms with E-state index in [9.17, 15) is 9.90 Å². The Labute approximate surface area is 148 Å². The van der Waals surface area contributed by atoms with Gasteiger partial charge in [-0.3, -0.25) is 4.79 Å². The largest absolute Gasteiger partial charge is 0.481 e. The minimum atomic E-state index is -0.869. The number of hydrogen-bond acceptors (Lipinski definition) is 2. The number of ether oxygens (including phenoxy) is 1. The van der Waals surface area contributed by atoms with E-state index in [0.29, 0.717) is 11.6 Å². The molecule has 0 saturated heterocycles. The van der Waals surface area contributed by atoms with Crippen LogP contribution < -0.4 is 0 Å². The first-order chi connectivity index (χ1) is 10.8. The molecule has 0 fully saturated rings. The molecule has 0 bridgehead atoms. The smallest absolute Gasteiger partial charge is 0.306 e. The van der Waals surface area contributed by atoms with Gasteiger partial charge < -0.3 is 14.8 Å². The summed E-state index contributed by atoms with van der Waals surface area (Å²) in [4.78, 5) is 14.8. The molecule has 3 rings (SSSR count). The van der Waals surface area contributed by atoms with Gasteiger partial charge in [0.05, 0.1) is 29.3 Å². The molecule has 1 aliphatic heterocycles. The molecule has 1 aliphatic rings. The summed E-state index contributed by atoms with van der Waals surface area (Å²) in [6.45, 7) is 6.49. The van der Waals surface area contributed by atoms with Crippen molar-refractivity contribution >= 4 is 44.4 Å². The molecule has 124 valence electrons. The van der Waals surface area contributed by atoms with Gasteiger partial charge in [0.25, 0.3) is 0 Å². The number of aliphatic carboxylic acids is 1. The second kappa shape index (κ2) is 5.80. The van der Waals surface area contributed by atoms with E-state index in [0.717, 1.165) is 38.6 Å². The van der Waals surface area contributed by atoms with Crippen LogP contribution in [-0.4, -0.2) is 22.7 Å². The Morgan fingerprint density at radius 3 is 2.87 bits per heavy atom. The number of aryl methyl sites for hydroxylation is 1. The quantitative estimate of drug-likeness (QED) is 0.778. The van der Waals surface area contributed by atoms with E-state index in [4.69, 9.17) is 16.3 Å². The lowest BCUT2D eigenvalue weighted by molar-refractivity contribution is -0.154.